The number of hydrogen-bond acceptors (Lipinski definition) is 3. The van der Waals surface area contributed by atoms with Crippen molar-refractivity contribution in [2.45, 2.75) is 20.8 Å². The van der Waals surface area contributed by atoms with Crippen LogP contribution in [0.15, 0.2) is 18.2 Å². The van der Waals surface area contributed by atoms with E-state index in [0.717, 1.165) is 37.6 Å². The lowest BCUT2D eigenvalue weighted by molar-refractivity contribution is 0.316. The summed E-state index contributed by atoms with van der Waals surface area (Å²) in [6, 6.07) is 6.08. The Hall–Kier alpha value is -1.22. The van der Waals surface area contributed by atoms with E-state index in [1.165, 1.54) is 5.56 Å². The molecule has 3 heteroatoms. The van der Waals surface area contributed by atoms with Gasteiger partial charge in [-0.1, -0.05) is 19.9 Å². The van der Waals surface area contributed by atoms with Gasteiger partial charge >= 0.3 is 0 Å². The number of nitrogens with two attached hydrogens (primary N) is 1. The molecule has 0 saturated heterocycles. The summed E-state index contributed by atoms with van der Waals surface area (Å²) in [6.07, 6.45) is 0. The first kappa shape index (κ1) is 12.8. The second-order valence-electron chi connectivity index (χ2n) is 4.04. The zero-order valence-corrected chi connectivity index (χ0v) is 10.6. The van der Waals surface area contributed by atoms with E-state index in [9.17, 15) is 0 Å². The molecule has 0 bridgehead atoms. The molecule has 0 saturated carbocycles. The van der Waals surface area contributed by atoms with E-state index in [1.807, 2.05) is 12.1 Å². The summed E-state index contributed by atoms with van der Waals surface area (Å²) in [5.41, 5.74) is 9.00. The maximum Gasteiger partial charge on any atom is 0.0577 e. The maximum absolute atomic E-state index is 5.90. The summed E-state index contributed by atoms with van der Waals surface area (Å²) < 4.78 is 0. The second-order valence-corrected chi connectivity index (χ2v) is 4.04. The molecule has 0 amide bonds. The van der Waals surface area contributed by atoms with Gasteiger partial charge in [-0.05, 0) is 37.7 Å². The number of anilines is 2. The van der Waals surface area contributed by atoms with Crippen LogP contribution in [-0.4, -0.2) is 31.1 Å². The Morgan fingerprint density at radius 1 is 1.25 bits per heavy atom. The molecule has 0 aliphatic heterocycles. The molecule has 1 aromatic rings. The van der Waals surface area contributed by atoms with E-state index in [-0.39, 0.29) is 0 Å². The second kappa shape index (κ2) is 6.38. The first-order valence-corrected chi connectivity index (χ1v) is 5.99. The first-order chi connectivity index (χ1) is 7.67. The number of aryl methyl sites for hydroxylation is 1. The Kier molecular flexibility index (Phi) is 5.12. The van der Waals surface area contributed by atoms with E-state index in [2.05, 4.69) is 37.1 Å². The fourth-order valence-electron chi connectivity index (χ4n) is 1.71. The van der Waals surface area contributed by atoms with Gasteiger partial charge in [-0.3, -0.25) is 0 Å². The van der Waals surface area contributed by atoms with Crippen LogP contribution in [0.4, 0.5) is 11.4 Å². The number of nitrogens with zero attached hydrogens (tertiary/aromatic N) is 1. The summed E-state index contributed by atoms with van der Waals surface area (Å²) in [5.74, 6) is 0. The van der Waals surface area contributed by atoms with E-state index in [0.29, 0.717) is 0 Å². The molecule has 1 rings (SSSR count). The summed E-state index contributed by atoms with van der Waals surface area (Å²) in [7, 11) is 0. The van der Waals surface area contributed by atoms with Gasteiger partial charge in [-0.25, -0.2) is 0 Å². The van der Waals surface area contributed by atoms with Crippen molar-refractivity contribution >= 4 is 11.4 Å². The van der Waals surface area contributed by atoms with Crippen LogP contribution < -0.4 is 11.1 Å². The molecule has 0 fully saturated rings. The number of nitrogens with one attached hydrogen (secondary N) is 1. The molecular formula is C13H23N3. The molecule has 3 nitrogen and oxygen atoms in total. The minimum Gasteiger partial charge on any atom is -0.397 e. The lowest BCUT2D eigenvalue weighted by Gasteiger charge is -2.19. The predicted octanol–water partition coefficient (Wildman–Crippen LogP) is 2.33. The molecule has 0 radical (unpaired) electrons. The van der Waals surface area contributed by atoms with E-state index < -0.39 is 0 Å². The molecule has 90 valence electrons. The average Bonchev–Trinajstić information content (AvgIpc) is 2.29. The molecular weight excluding hydrogens is 198 g/mol. The van der Waals surface area contributed by atoms with Gasteiger partial charge in [0.15, 0.2) is 0 Å². The SMILES string of the molecule is CCN(CC)CCNc1cc(C)ccc1N. The van der Waals surface area contributed by atoms with Crippen molar-refractivity contribution in [3.8, 4) is 0 Å². The molecule has 0 heterocycles. The molecule has 0 spiro atoms. The van der Waals surface area contributed by atoms with Crippen molar-refractivity contribution in [1.29, 1.82) is 0 Å². The zero-order valence-electron chi connectivity index (χ0n) is 10.6. The highest BCUT2D eigenvalue weighted by molar-refractivity contribution is 5.66. The highest BCUT2D eigenvalue weighted by Gasteiger charge is 2.01. The number of likely N-dealkylation sites (N-methyl/N-ethyl adjacent to an activating group) is 1. The monoisotopic (exact) mass is 221 g/mol. The van der Waals surface area contributed by atoms with Crippen LogP contribution in [0.3, 0.4) is 0 Å². The van der Waals surface area contributed by atoms with Crippen molar-refractivity contribution in [1.82, 2.24) is 4.90 Å². The molecule has 0 atom stereocenters. The predicted molar refractivity (Wildman–Crippen MR) is 71.9 cm³/mol. The number of benzene rings is 1. The quantitative estimate of drug-likeness (QED) is 0.724. The van der Waals surface area contributed by atoms with Gasteiger partial charge in [-0.15, -0.1) is 0 Å². The Labute approximate surface area is 98.6 Å². The third kappa shape index (κ3) is 3.74. The number of hydrogen-bond donors (Lipinski definition) is 2. The lowest BCUT2D eigenvalue weighted by Crippen LogP contribution is -2.28. The van der Waals surface area contributed by atoms with Crippen molar-refractivity contribution in [3.63, 3.8) is 0 Å². The Balaban J connectivity index is 2.45. The number of rotatable bonds is 6. The van der Waals surface area contributed by atoms with Crippen LogP contribution in [0.5, 0.6) is 0 Å². The van der Waals surface area contributed by atoms with Gasteiger partial charge in [0.25, 0.3) is 0 Å². The third-order valence-electron chi connectivity index (χ3n) is 2.85. The highest BCUT2D eigenvalue weighted by atomic mass is 15.1. The topological polar surface area (TPSA) is 41.3 Å². The standard InChI is InChI=1S/C13H23N3/c1-4-16(5-2)9-8-15-13-10-11(3)6-7-12(13)14/h6-7,10,15H,4-5,8-9,14H2,1-3H3. The molecule has 3 N–H and O–H groups in total. The summed E-state index contributed by atoms with van der Waals surface area (Å²) in [5, 5.41) is 3.39. The van der Waals surface area contributed by atoms with Crippen LogP contribution in [0.2, 0.25) is 0 Å². The van der Waals surface area contributed by atoms with Crippen LogP contribution >= 0.6 is 0 Å². The molecule has 0 unspecified atom stereocenters. The zero-order chi connectivity index (χ0) is 12.0. The third-order valence-corrected chi connectivity index (χ3v) is 2.85. The Morgan fingerprint density at radius 3 is 2.56 bits per heavy atom. The van der Waals surface area contributed by atoms with Crippen LogP contribution in [0.1, 0.15) is 19.4 Å². The summed E-state index contributed by atoms with van der Waals surface area (Å²) in [4.78, 5) is 2.39. The van der Waals surface area contributed by atoms with E-state index >= 15 is 0 Å². The van der Waals surface area contributed by atoms with Gasteiger partial charge in [0.2, 0.25) is 0 Å². The van der Waals surface area contributed by atoms with Crippen molar-refractivity contribution in [2.75, 3.05) is 37.2 Å². The van der Waals surface area contributed by atoms with Crippen molar-refractivity contribution in [3.05, 3.63) is 23.8 Å². The Bertz CT molecular complexity index is 319. The smallest absolute Gasteiger partial charge is 0.0577 e. The van der Waals surface area contributed by atoms with Gasteiger partial charge in [0.1, 0.15) is 0 Å². The van der Waals surface area contributed by atoms with Crippen LogP contribution in [0.25, 0.3) is 0 Å². The highest BCUT2D eigenvalue weighted by Crippen LogP contribution is 2.18. The summed E-state index contributed by atoms with van der Waals surface area (Å²) in [6.45, 7) is 10.6. The van der Waals surface area contributed by atoms with Gasteiger partial charge < -0.3 is 16.0 Å². The van der Waals surface area contributed by atoms with Crippen LogP contribution in [-0.2, 0) is 0 Å². The minimum absolute atomic E-state index is 0.824. The van der Waals surface area contributed by atoms with Gasteiger partial charge in [0, 0.05) is 13.1 Å². The molecule has 16 heavy (non-hydrogen) atoms. The Morgan fingerprint density at radius 2 is 1.94 bits per heavy atom. The fraction of sp³-hybridized carbons (Fsp3) is 0.538. The molecule has 0 aliphatic carbocycles. The van der Waals surface area contributed by atoms with Gasteiger partial charge in [0.05, 0.1) is 11.4 Å². The minimum atomic E-state index is 0.824. The largest absolute Gasteiger partial charge is 0.397 e. The van der Waals surface area contributed by atoms with Crippen LogP contribution in [0, 0.1) is 6.92 Å². The normalized spacial score (nSPS) is 10.8. The lowest BCUT2D eigenvalue weighted by atomic mass is 10.2. The van der Waals surface area contributed by atoms with Crippen molar-refractivity contribution in [2.24, 2.45) is 0 Å². The van der Waals surface area contributed by atoms with Gasteiger partial charge in [-0.2, -0.15) is 0 Å². The maximum atomic E-state index is 5.90. The summed E-state index contributed by atoms with van der Waals surface area (Å²) >= 11 is 0. The average molecular weight is 221 g/mol. The first-order valence-electron chi connectivity index (χ1n) is 5.99. The fourth-order valence-corrected chi connectivity index (χ4v) is 1.71. The number of nitrogen functional groups attached to an aromatic ring is 1. The molecule has 1 aromatic carbocycles. The van der Waals surface area contributed by atoms with Crippen molar-refractivity contribution < 1.29 is 0 Å². The van der Waals surface area contributed by atoms with E-state index in [4.69, 9.17) is 5.73 Å². The van der Waals surface area contributed by atoms with E-state index in [1.54, 1.807) is 0 Å². The molecule has 0 aliphatic rings. The molecule has 0 aromatic heterocycles.